The van der Waals surface area contributed by atoms with Crippen molar-refractivity contribution in [2.45, 2.75) is 12.6 Å². The van der Waals surface area contributed by atoms with Crippen LogP contribution < -0.4 is 20.1 Å². The van der Waals surface area contributed by atoms with Gasteiger partial charge >= 0.3 is 0 Å². The summed E-state index contributed by atoms with van der Waals surface area (Å²) in [5.41, 5.74) is 1.02. The minimum atomic E-state index is 0. The molecule has 0 saturated heterocycles. The Morgan fingerprint density at radius 1 is 1.19 bits per heavy atom. The summed E-state index contributed by atoms with van der Waals surface area (Å²) in [6.45, 7) is 1.25. The van der Waals surface area contributed by atoms with Gasteiger partial charge in [0, 0.05) is 31.8 Å². The summed E-state index contributed by atoms with van der Waals surface area (Å²) in [4.78, 5) is 6.39. The van der Waals surface area contributed by atoms with Gasteiger partial charge in [-0.1, -0.05) is 0 Å². The van der Waals surface area contributed by atoms with Crippen LogP contribution in [0.1, 0.15) is 17.4 Å². The van der Waals surface area contributed by atoms with Crippen molar-refractivity contribution in [3.8, 4) is 11.5 Å². The minimum Gasteiger partial charge on any atom is -0.497 e. The molecule has 1 heterocycles. The molecule has 0 radical (unpaired) electrons. The molecule has 150 valence electrons. The first-order chi connectivity index (χ1) is 12.6. The van der Waals surface area contributed by atoms with Crippen molar-refractivity contribution >= 4 is 29.9 Å². The van der Waals surface area contributed by atoms with Crippen LogP contribution in [-0.4, -0.2) is 52.8 Å². The smallest absolute Gasteiger partial charge is 0.191 e. The first-order valence-corrected chi connectivity index (χ1v) is 8.44. The number of ether oxygens (including phenoxy) is 2. The number of nitrogens with zero attached hydrogens (tertiary/aromatic N) is 2. The Balaban J connectivity index is 0.00000364. The summed E-state index contributed by atoms with van der Waals surface area (Å²) >= 11 is 0. The molecule has 1 aromatic heterocycles. The maximum atomic E-state index is 5.53. The van der Waals surface area contributed by atoms with Gasteiger partial charge in [-0.05, 0) is 38.4 Å². The van der Waals surface area contributed by atoms with Crippen LogP contribution in [0.5, 0.6) is 11.5 Å². The number of nitrogens with one attached hydrogen (secondary N) is 2. The molecule has 1 atom stereocenters. The molecule has 0 spiro atoms. The van der Waals surface area contributed by atoms with Gasteiger partial charge in [-0.15, -0.1) is 24.0 Å². The first-order valence-electron chi connectivity index (χ1n) is 8.44. The van der Waals surface area contributed by atoms with Crippen LogP contribution >= 0.6 is 24.0 Å². The molecule has 0 aliphatic rings. The summed E-state index contributed by atoms with van der Waals surface area (Å²) in [6, 6.07) is 9.74. The Morgan fingerprint density at radius 2 is 1.96 bits per heavy atom. The lowest BCUT2D eigenvalue weighted by atomic mass is 10.2. The highest BCUT2D eigenvalue weighted by Crippen LogP contribution is 2.24. The van der Waals surface area contributed by atoms with E-state index in [0.717, 1.165) is 22.8 Å². The van der Waals surface area contributed by atoms with E-state index in [2.05, 4.69) is 20.5 Å². The predicted octanol–water partition coefficient (Wildman–Crippen LogP) is 2.88. The molecule has 0 aliphatic heterocycles. The predicted molar refractivity (Wildman–Crippen MR) is 118 cm³/mol. The summed E-state index contributed by atoms with van der Waals surface area (Å²) in [6.07, 6.45) is 1.69. The van der Waals surface area contributed by atoms with Gasteiger partial charge in [-0.25, -0.2) is 0 Å². The fourth-order valence-corrected chi connectivity index (χ4v) is 2.61. The Labute approximate surface area is 178 Å². The van der Waals surface area contributed by atoms with Gasteiger partial charge < -0.3 is 24.5 Å². The summed E-state index contributed by atoms with van der Waals surface area (Å²) in [7, 11) is 9.08. The number of benzene rings is 1. The number of guanidine groups is 1. The van der Waals surface area contributed by atoms with E-state index in [4.69, 9.17) is 13.9 Å². The topological polar surface area (TPSA) is 71.3 Å². The van der Waals surface area contributed by atoms with Gasteiger partial charge in [0.1, 0.15) is 17.3 Å². The zero-order valence-electron chi connectivity index (χ0n) is 16.5. The number of rotatable bonds is 8. The highest BCUT2D eigenvalue weighted by molar-refractivity contribution is 14.0. The maximum Gasteiger partial charge on any atom is 0.191 e. The molecule has 1 unspecified atom stereocenters. The van der Waals surface area contributed by atoms with E-state index < -0.39 is 0 Å². The normalized spacial score (nSPS) is 12.3. The minimum absolute atomic E-state index is 0. The second kappa shape index (κ2) is 11.7. The Bertz CT molecular complexity index is 705. The van der Waals surface area contributed by atoms with Gasteiger partial charge in [0.15, 0.2) is 5.96 Å². The molecule has 7 nitrogen and oxygen atoms in total. The van der Waals surface area contributed by atoms with Crippen molar-refractivity contribution in [1.82, 2.24) is 15.5 Å². The first kappa shape index (κ1) is 23.1. The molecule has 2 aromatic rings. The number of halogens is 1. The van der Waals surface area contributed by atoms with Crippen molar-refractivity contribution in [3.05, 3.63) is 47.9 Å². The van der Waals surface area contributed by atoms with Crippen LogP contribution in [0.15, 0.2) is 46.0 Å². The number of furan rings is 1. The SMILES string of the molecule is CN=C(NCc1ccc(OC)cc1OC)NCC(c1ccco1)N(C)C.I. The van der Waals surface area contributed by atoms with E-state index in [-0.39, 0.29) is 30.0 Å². The molecule has 27 heavy (non-hydrogen) atoms. The van der Waals surface area contributed by atoms with Gasteiger partial charge in [-0.3, -0.25) is 9.89 Å². The summed E-state index contributed by atoms with van der Waals surface area (Å²) in [5, 5.41) is 6.65. The van der Waals surface area contributed by atoms with Crippen LogP contribution in [0.2, 0.25) is 0 Å². The highest BCUT2D eigenvalue weighted by atomic mass is 127. The van der Waals surface area contributed by atoms with Gasteiger partial charge in [0.2, 0.25) is 0 Å². The molecular weight excluding hydrogens is 459 g/mol. The van der Waals surface area contributed by atoms with Crippen molar-refractivity contribution < 1.29 is 13.9 Å². The van der Waals surface area contributed by atoms with E-state index in [0.29, 0.717) is 19.0 Å². The molecule has 8 heteroatoms. The van der Waals surface area contributed by atoms with E-state index in [1.165, 1.54) is 0 Å². The molecule has 2 N–H and O–H groups in total. The quantitative estimate of drug-likeness (QED) is 0.339. The third-order valence-corrected chi connectivity index (χ3v) is 4.12. The summed E-state index contributed by atoms with van der Waals surface area (Å²) in [5.74, 6) is 3.16. The lowest BCUT2D eigenvalue weighted by molar-refractivity contribution is 0.258. The Kier molecular flexibility index (Phi) is 10.0. The van der Waals surface area contributed by atoms with Crippen LogP contribution in [-0.2, 0) is 6.54 Å². The van der Waals surface area contributed by atoms with E-state index in [9.17, 15) is 0 Å². The lowest BCUT2D eigenvalue weighted by Gasteiger charge is -2.23. The molecule has 1 aromatic carbocycles. The molecule has 0 aliphatic carbocycles. The Morgan fingerprint density at radius 3 is 2.52 bits per heavy atom. The second-order valence-corrected chi connectivity index (χ2v) is 5.98. The fourth-order valence-electron chi connectivity index (χ4n) is 2.61. The third kappa shape index (κ3) is 6.62. The lowest BCUT2D eigenvalue weighted by Crippen LogP contribution is -2.41. The highest BCUT2D eigenvalue weighted by Gasteiger charge is 2.17. The van der Waals surface area contributed by atoms with Crippen LogP contribution in [0.3, 0.4) is 0 Å². The number of likely N-dealkylation sites (N-methyl/N-ethyl adjacent to an activating group) is 1. The van der Waals surface area contributed by atoms with E-state index >= 15 is 0 Å². The van der Waals surface area contributed by atoms with Crippen molar-refractivity contribution in [1.29, 1.82) is 0 Å². The van der Waals surface area contributed by atoms with Crippen LogP contribution in [0.25, 0.3) is 0 Å². The maximum absolute atomic E-state index is 5.53. The number of aliphatic imine (C=N–C) groups is 1. The third-order valence-electron chi connectivity index (χ3n) is 4.12. The van der Waals surface area contributed by atoms with Gasteiger partial charge in [0.25, 0.3) is 0 Å². The average molecular weight is 488 g/mol. The number of methoxy groups -OCH3 is 2. The number of hydrogen-bond donors (Lipinski definition) is 2. The monoisotopic (exact) mass is 488 g/mol. The van der Waals surface area contributed by atoms with Crippen molar-refractivity contribution in [2.75, 3.05) is 41.9 Å². The van der Waals surface area contributed by atoms with E-state index in [1.807, 2.05) is 44.4 Å². The Hall–Kier alpha value is -1.94. The molecule has 0 bridgehead atoms. The van der Waals surface area contributed by atoms with Gasteiger partial charge in [0.05, 0.1) is 26.5 Å². The second-order valence-electron chi connectivity index (χ2n) is 5.98. The summed E-state index contributed by atoms with van der Waals surface area (Å²) < 4.78 is 16.2. The zero-order chi connectivity index (χ0) is 18.9. The number of hydrogen-bond acceptors (Lipinski definition) is 5. The van der Waals surface area contributed by atoms with Crippen LogP contribution in [0, 0.1) is 0 Å². The fraction of sp³-hybridized carbons (Fsp3) is 0.421. The van der Waals surface area contributed by atoms with E-state index in [1.54, 1.807) is 27.5 Å². The molecule has 0 fully saturated rings. The van der Waals surface area contributed by atoms with Crippen LogP contribution in [0.4, 0.5) is 0 Å². The molecule has 0 saturated carbocycles. The standard InChI is InChI=1S/C19H28N4O3.HI/c1-20-19(22-13-16(23(2)3)17-7-6-10-26-17)21-12-14-8-9-15(24-4)11-18(14)25-5;/h6-11,16H,12-13H2,1-5H3,(H2,20,21,22);1H. The van der Waals surface area contributed by atoms with Crippen molar-refractivity contribution in [2.24, 2.45) is 4.99 Å². The van der Waals surface area contributed by atoms with Crippen molar-refractivity contribution in [3.63, 3.8) is 0 Å². The molecular formula is C19H29IN4O3. The average Bonchev–Trinajstić information content (AvgIpc) is 3.18. The molecule has 0 amide bonds. The largest absolute Gasteiger partial charge is 0.497 e. The zero-order valence-corrected chi connectivity index (χ0v) is 18.8. The van der Waals surface area contributed by atoms with Gasteiger partial charge in [-0.2, -0.15) is 0 Å². The molecule has 2 rings (SSSR count).